The Bertz CT molecular complexity index is 585. The number of nitrogen functional groups attached to an aromatic ring is 1. The highest BCUT2D eigenvalue weighted by Crippen LogP contribution is 2.27. The van der Waals surface area contributed by atoms with Crippen molar-refractivity contribution in [2.45, 2.75) is 12.2 Å². The number of benzene rings is 1. The summed E-state index contributed by atoms with van der Waals surface area (Å²) in [6.07, 6.45) is 3.36. The fourth-order valence-electron chi connectivity index (χ4n) is 1.72. The van der Waals surface area contributed by atoms with Crippen LogP contribution in [0.4, 0.5) is 11.4 Å². The molecule has 0 fully saturated rings. The van der Waals surface area contributed by atoms with E-state index in [0.717, 1.165) is 16.6 Å². The monoisotopic (exact) mass is 263 g/mol. The van der Waals surface area contributed by atoms with Gasteiger partial charge in [-0.2, -0.15) is 0 Å². The van der Waals surface area contributed by atoms with Crippen molar-refractivity contribution in [3.63, 3.8) is 0 Å². The Hall–Kier alpha value is -1.62. The molecule has 5 heteroatoms. The van der Waals surface area contributed by atoms with Crippen molar-refractivity contribution >= 4 is 33.1 Å². The number of aromatic nitrogens is 1. The average molecular weight is 263 g/mol. The largest absolute Gasteiger partial charge is 0.396 e. The summed E-state index contributed by atoms with van der Waals surface area (Å²) in [6, 6.07) is 7.82. The summed E-state index contributed by atoms with van der Waals surface area (Å²) in [5.74, 6) is 0. The standard InChI is InChI=1S/C13H17N3OS/c1-9(18(2)17)7-16-13-10-5-3-4-6-12(10)15-8-11(13)14/h3-6,8-9H,7,14H2,1-2H3,(H,15,16). The van der Waals surface area contributed by atoms with Crippen LogP contribution in [0.1, 0.15) is 6.92 Å². The Kier molecular flexibility index (Phi) is 3.81. The third-order valence-corrected chi connectivity index (χ3v) is 4.24. The van der Waals surface area contributed by atoms with Crippen LogP contribution in [0.3, 0.4) is 0 Å². The van der Waals surface area contributed by atoms with E-state index in [1.54, 1.807) is 12.5 Å². The summed E-state index contributed by atoms with van der Waals surface area (Å²) < 4.78 is 11.3. The lowest BCUT2D eigenvalue weighted by Gasteiger charge is -2.14. The topological polar surface area (TPSA) is 68.0 Å². The average Bonchev–Trinajstić information content (AvgIpc) is 2.37. The first-order chi connectivity index (χ1) is 8.59. The molecule has 3 N–H and O–H groups in total. The number of nitrogens with zero attached hydrogens (tertiary/aromatic N) is 1. The van der Waals surface area contributed by atoms with Crippen molar-refractivity contribution < 1.29 is 4.21 Å². The first-order valence-corrected chi connectivity index (χ1v) is 7.41. The summed E-state index contributed by atoms with van der Waals surface area (Å²) in [5, 5.41) is 4.35. The van der Waals surface area contributed by atoms with Gasteiger partial charge < -0.3 is 11.1 Å². The number of pyridine rings is 1. The Morgan fingerprint density at radius 1 is 1.44 bits per heavy atom. The van der Waals surface area contributed by atoms with E-state index in [9.17, 15) is 4.21 Å². The molecule has 0 aliphatic heterocycles. The molecule has 1 aromatic carbocycles. The molecule has 0 saturated heterocycles. The van der Waals surface area contributed by atoms with Gasteiger partial charge in [0.2, 0.25) is 0 Å². The molecule has 1 heterocycles. The quantitative estimate of drug-likeness (QED) is 0.885. The normalized spacial score (nSPS) is 14.3. The Morgan fingerprint density at radius 2 is 2.17 bits per heavy atom. The van der Waals surface area contributed by atoms with Gasteiger partial charge in [0.1, 0.15) is 0 Å². The van der Waals surface area contributed by atoms with Gasteiger partial charge in [0.05, 0.1) is 23.1 Å². The zero-order chi connectivity index (χ0) is 13.1. The molecule has 0 amide bonds. The fourth-order valence-corrected chi connectivity index (χ4v) is 2.04. The second-order valence-electron chi connectivity index (χ2n) is 4.30. The van der Waals surface area contributed by atoms with Crippen molar-refractivity contribution in [1.82, 2.24) is 4.98 Å². The molecule has 0 saturated carbocycles. The van der Waals surface area contributed by atoms with Crippen molar-refractivity contribution in [2.75, 3.05) is 23.9 Å². The van der Waals surface area contributed by atoms with Crippen molar-refractivity contribution in [2.24, 2.45) is 0 Å². The van der Waals surface area contributed by atoms with Crippen LogP contribution >= 0.6 is 0 Å². The van der Waals surface area contributed by atoms with Gasteiger partial charge in [0, 0.05) is 34.2 Å². The van der Waals surface area contributed by atoms with Gasteiger partial charge >= 0.3 is 0 Å². The maximum absolute atomic E-state index is 11.3. The second kappa shape index (κ2) is 5.35. The molecule has 1 aromatic heterocycles. The molecule has 4 nitrogen and oxygen atoms in total. The van der Waals surface area contributed by atoms with Gasteiger partial charge in [0.25, 0.3) is 0 Å². The van der Waals surface area contributed by atoms with Crippen LogP contribution in [0.2, 0.25) is 0 Å². The van der Waals surface area contributed by atoms with E-state index in [2.05, 4.69) is 10.3 Å². The minimum atomic E-state index is -0.843. The summed E-state index contributed by atoms with van der Waals surface area (Å²) in [7, 11) is -0.843. The van der Waals surface area contributed by atoms with E-state index in [1.807, 2.05) is 31.2 Å². The minimum Gasteiger partial charge on any atom is -0.396 e. The first kappa shape index (κ1) is 12.8. The third-order valence-electron chi connectivity index (χ3n) is 2.94. The fraction of sp³-hybridized carbons (Fsp3) is 0.308. The Morgan fingerprint density at radius 3 is 2.89 bits per heavy atom. The predicted octanol–water partition coefficient (Wildman–Crippen LogP) is 2.00. The molecule has 0 aliphatic carbocycles. The number of hydrogen-bond donors (Lipinski definition) is 2. The second-order valence-corrected chi connectivity index (χ2v) is 6.10. The summed E-state index contributed by atoms with van der Waals surface area (Å²) in [4.78, 5) is 4.28. The summed E-state index contributed by atoms with van der Waals surface area (Å²) in [5.41, 5.74) is 8.34. The summed E-state index contributed by atoms with van der Waals surface area (Å²) in [6.45, 7) is 2.57. The number of nitrogens with one attached hydrogen (secondary N) is 1. The minimum absolute atomic E-state index is 0.0799. The first-order valence-electron chi connectivity index (χ1n) is 5.79. The zero-order valence-electron chi connectivity index (χ0n) is 10.5. The SMILES string of the molecule is CC(CNc1c(N)cnc2ccccc12)S(C)=O. The van der Waals surface area contributed by atoms with E-state index in [1.165, 1.54) is 0 Å². The highest BCUT2D eigenvalue weighted by atomic mass is 32.2. The molecular weight excluding hydrogens is 246 g/mol. The maximum atomic E-state index is 11.3. The van der Waals surface area contributed by atoms with Gasteiger partial charge in [-0.05, 0) is 13.0 Å². The molecule has 18 heavy (non-hydrogen) atoms. The van der Waals surface area contributed by atoms with Crippen molar-refractivity contribution in [1.29, 1.82) is 0 Å². The van der Waals surface area contributed by atoms with Crippen LogP contribution in [0.15, 0.2) is 30.5 Å². The molecular formula is C13H17N3OS. The maximum Gasteiger partial charge on any atom is 0.0743 e. The number of para-hydroxylation sites is 1. The van der Waals surface area contributed by atoms with Crippen LogP contribution in [0, 0.1) is 0 Å². The number of hydrogen-bond acceptors (Lipinski definition) is 4. The van der Waals surface area contributed by atoms with E-state index < -0.39 is 10.8 Å². The lowest BCUT2D eigenvalue weighted by molar-refractivity contribution is 0.679. The van der Waals surface area contributed by atoms with Crippen molar-refractivity contribution in [3.05, 3.63) is 30.5 Å². The smallest absolute Gasteiger partial charge is 0.0743 e. The predicted molar refractivity (Wildman–Crippen MR) is 78.2 cm³/mol. The van der Waals surface area contributed by atoms with E-state index >= 15 is 0 Å². The highest BCUT2D eigenvalue weighted by molar-refractivity contribution is 7.84. The molecule has 96 valence electrons. The molecule has 2 rings (SSSR count). The third kappa shape index (κ3) is 2.61. The van der Waals surface area contributed by atoms with Crippen LogP contribution in [-0.4, -0.2) is 27.2 Å². The van der Waals surface area contributed by atoms with E-state index in [4.69, 9.17) is 5.73 Å². The van der Waals surface area contributed by atoms with Crippen LogP contribution in [0.25, 0.3) is 10.9 Å². The van der Waals surface area contributed by atoms with Gasteiger partial charge in [-0.25, -0.2) is 0 Å². The number of anilines is 2. The number of nitrogens with two attached hydrogens (primary N) is 1. The van der Waals surface area contributed by atoms with E-state index in [0.29, 0.717) is 12.2 Å². The van der Waals surface area contributed by atoms with Gasteiger partial charge in [-0.3, -0.25) is 9.19 Å². The zero-order valence-corrected chi connectivity index (χ0v) is 11.3. The molecule has 2 unspecified atom stereocenters. The number of rotatable bonds is 4. The molecule has 0 aliphatic rings. The van der Waals surface area contributed by atoms with Gasteiger partial charge in [-0.15, -0.1) is 0 Å². The highest BCUT2D eigenvalue weighted by Gasteiger charge is 2.09. The lowest BCUT2D eigenvalue weighted by Crippen LogP contribution is -2.21. The molecule has 0 bridgehead atoms. The molecule has 0 radical (unpaired) electrons. The van der Waals surface area contributed by atoms with Crippen LogP contribution in [-0.2, 0) is 10.8 Å². The van der Waals surface area contributed by atoms with E-state index in [-0.39, 0.29) is 5.25 Å². The van der Waals surface area contributed by atoms with Crippen LogP contribution < -0.4 is 11.1 Å². The Balaban J connectivity index is 2.32. The molecule has 0 spiro atoms. The van der Waals surface area contributed by atoms with Crippen LogP contribution in [0.5, 0.6) is 0 Å². The molecule has 2 atom stereocenters. The number of fused-ring (bicyclic) bond motifs is 1. The van der Waals surface area contributed by atoms with Gasteiger partial charge in [-0.1, -0.05) is 18.2 Å². The Labute approximate surface area is 109 Å². The van der Waals surface area contributed by atoms with Crippen molar-refractivity contribution in [3.8, 4) is 0 Å². The summed E-state index contributed by atoms with van der Waals surface area (Å²) >= 11 is 0. The lowest BCUT2D eigenvalue weighted by atomic mass is 10.1. The van der Waals surface area contributed by atoms with Gasteiger partial charge in [0.15, 0.2) is 0 Å². The molecule has 2 aromatic rings.